The molecule has 1 fully saturated rings. The number of nitrogens with zero attached hydrogens (tertiary/aromatic N) is 2. The van der Waals surface area contributed by atoms with Crippen LogP contribution in [0, 0.1) is 0 Å². The van der Waals surface area contributed by atoms with E-state index in [-0.39, 0.29) is 0 Å². The van der Waals surface area contributed by atoms with Crippen LogP contribution >= 0.6 is 11.8 Å². The van der Waals surface area contributed by atoms with Crippen LogP contribution in [0.2, 0.25) is 0 Å². The molecule has 0 bridgehead atoms. The van der Waals surface area contributed by atoms with Crippen molar-refractivity contribution in [1.29, 1.82) is 0 Å². The predicted octanol–water partition coefficient (Wildman–Crippen LogP) is 2.75. The highest BCUT2D eigenvalue weighted by Crippen LogP contribution is 2.14. The molecule has 1 aliphatic heterocycles. The maximum absolute atomic E-state index is 5.47. The van der Waals surface area contributed by atoms with Crippen molar-refractivity contribution in [2.75, 3.05) is 51.4 Å². The average Bonchev–Trinajstić information content (AvgIpc) is 3.27. The number of guanidine groups is 1. The second-order valence-corrected chi connectivity index (χ2v) is 7.98. The number of thioether (sulfide) groups is 1. The Balaban J connectivity index is 1.59. The fourth-order valence-electron chi connectivity index (χ4n) is 3.24. The summed E-state index contributed by atoms with van der Waals surface area (Å²) in [5.74, 6) is 2.88. The molecule has 0 amide bonds. The number of nitrogens with one attached hydrogen (secondary N) is 2. The molecule has 0 spiro atoms. The van der Waals surface area contributed by atoms with Gasteiger partial charge in [0, 0.05) is 44.9 Å². The lowest BCUT2D eigenvalue weighted by molar-refractivity contribution is 0.0341. The number of rotatable bonds is 10. The molecule has 7 heteroatoms. The van der Waals surface area contributed by atoms with Crippen LogP contribution in [0.15, 0.2) is 52.1 Å². The summed E-state index contributed by atoms with van der Waals surface area (Å²) in [4.78, 5) is 7.30. The summed E-state index contributed by atoms with van der Waals surface area (Å²) < 4.78 is 10.9. The van der Waals surface area contributed by atoms with Crippen molar-refractivity contribution in [3.8, 4) is 0 Å². The topological polar surface area (TPSA) is 62.0 Å². The maximum atomic E-state index is 5.47. The monoisotopic (exact) mass is 416 g/mol. The van der Waals surface area contributed by atoms with Crippen molar-refractivity contribution in [1.82, 2.24) is 15.5 Å². The summed E-state index contributed by atoms with van der Waals surface area (Å²) in [5, 5.41) is 6.86. The molecule has 29 heavy (non-hydrogen) atoms. The van der Waals surface area contributed by atoms with E-state index in [0.29, 0.717) is 6.54 Å². The Kier molecular flexibility index (Phi) is 9.42. The number of hydrogen-bond acceptors (Lipinski definition) is 5. The van der Waals surface area contributed by atoms with Crippen molar-refractivity contribution in [2.24, 2.45) is 4.99 Å². The molecule has 0 saturated carbocycles. The van der Waals surface area contributed by atoms with Gasteiger partial charge in [0.15, 0.2) is 5.96 Å². The maximum Gasteiger partial charge on any atom is 0.191 e. The molecule has 158 valence electrons. The van der Waals surface area contributed by atoms with Crippen molar-refractivity contribution < 1.29 is 9.15 Å². The third-order valence-corrected chi connectivity index (χ3v) is 5.48. The van der Waals surface area contributed by atoms with E-state index in [4.69, 9.17) is 14.1 Å². The first kappa shape index (κ1) is 21.7. The highest BCUT2D eigenvalue weighted by atomic mass is 32.2. The summed E-state index contributed by atoms with van der Waals surface area (Å²) in [5.41, 5.74) is 2.62. The lowest BCUT2D eigenvalue weighted by atomic mass is 10.1. The molecule has 0 aliphatic carbocycles. The van der Waals surface area contributed by atoms with E-state index < -0.39 is 0 Å². The van der Waals surface area contributed by atoms with E-state index in [2.05, 4.69) is 46.1 Å². The van der Waals surface area contributed by atoms with Crippen LogP contribution in [0.5, 0.6) is 0 Å². The first-order valence-electron chi connectivity index (χ1n) is 10.3. The number of furan rings is 1. The Morgan fingerprint density at radius 2 is 1.86 bits per heavy atom. The van der Waals surface area contributed by atoms with Crippen molar-refractivity contribution >= 4 is 17.7 Å². The summed E-state index contributed by atoms with van der Waals surface area (Å²) in [6.45, 7) is 6.93. The van der Waals surface area contributed by atoms with Crippen LogP contribution in [-0.2, 0) is 24.2 Å². The molecular weight excluding hydrogens is 384 g/mol. The molecule has 0 atom stereocenters. The second kappa shape index (κ2) is 12.6. The normalized spacial score (nSPS) is 15.4. The zero-order valence-electron chi connectivity index (χ0n) is 17.2. The molecule has 1 aromatic carbocycles. The van der Waals surface area contributed by atoms with Crippen molar-refractivity contribution in [3.05, 3.63) is 59.5 Å². The Morgan fingerprint density at radius 3 is 2.62 bits per heavy atom. The van der Waals surface area contributed by atoms with Crippen LogP contribution in [0.3, 0.4) is 0 Å². The van der Waals surface area contributed by atoms with Gasteiger partial charge in [0.05, 0.1) is 26.0 Å². The van der Waals surface area contributed by atoms with Gasteiger partial charge in [0.25, 0.3) is 0 Å². The Hall–Kier alpha value is -1.96. The highest BCUT2D eigenvalue weighted by molar-refractivity contribution is 7.98. The summed E-state index contributed by atoms with van der Waals surface area (Å²) in [6.07, 6.45) is 4.67. The van der Waals surface area contributed by atoms with Gasteiger partial charge in [-0.15, -0.1) is 0 Å². The zero-order chi connectivity index (χ0) is 20.2. The van der Waals surface area contributed by atoms with Crippen molar-refractivity contribution in [3.63, 3.8) is 0 Å². The zero-order valence-corrected chi connectivity index (χ0v) is 18.0. The van der Waals surface area contributed by atoms with Gasteiger partial charge in [-0.2, -0.15) is 11.8 Å². The van der Waals surface area contributed by atoms with Crippen LogP contribution in [0.1, 0.15) is 16.9 Å². The van der Waals surface area contributed by atoms with E-state index in [1.165, 1.54) is 11.1 Å². The highest BCUT2D eigenvalue weighted by Gasteiger charge is 2.12. The van der Waals surface area contributed by atoms with Crippen LogP contribution in [0.25, 0.3) is 0 Å². The molecule has 6 nitrogen and oxygen atoms in total. The van der Waals surface area contributed by atoms with Crippen LogP contribution in [-0.4, -0.2) is 62.3 Å². The number of hydrogen-bond donors (Lipinski definition) is 2. The summed E-state index contributed by atoms with van der Waals surface area (Å²) >= 11 is 1.83. The van der Waals surface area contributed by atoms with E-state index in [9.17, 15) is 0 Å². The molecule has 0 radical (unpaired) electrons. The molecule has 1 aromatic heterocycles. The second-order valence-electron chi connectivity index (χ2n) is 7.00. The molecule has 3 rings (SSSR count). The Labute approximate surface area is 178 Å². The minimum Gasteiger partial charge on any atom is -0.469 e. The third-order valence-electron chi connectivity index (χ3n) is 4.87. The number of morpholine rings is 1. The fraction of sp³-hybridized carbons (Fsp3) is 0.500. The lowest BCUT2D eigenvalue weighted by Gasteiger charge is -2.27. The Morgan fingerprint density at radius 1 is 1.07 bits per heavy atom. The standard InChI is InChI=1S/C22H32N4O2S/c1-29-16-10-24-22(23-9-8-21-7-4-13-28-21)25-17-19-5-2-3-6-20(19)18-26-11-14-27-15-12-26/h2-7,13H,8-12,14-18H2,1H3,(H2,23,24,25). The minimum absolute atomic E-state index is 0.663. The molecule has 1 saturated heterocycles. The first-order valence-corrected chi connectivity index (χ1v) is 11.6. The summed E-state index contributed by atoms with van der Waals surface area (Å²) in [6, 6.07) is 12.5. The van der Waals surface area contributed by atoms with Crippen molar-refractivity contribution in [2.45, 2.75) is 19.5 Å². The number of ether oxygens (including phenoxy) is 1. The van der Waals surface area contributed by atoms with Gasteiger partial charge >= 0.3 is 0 Å². The predicted molar refractivity (Wildman–Crippen MR) is 120 cm³/mol. The number of aliphatic imine (C=N–C) groups is 1. The van der Waals surface area contributed by atoms with E-state index in [1.807, 2.05) is 23.9 Å². The van der Waals surface area contributed by atoms with Crippen LogP contribution < -0.4 is 10.6 Å². The van der Waals surface area contributed by atoms with Crippen LogP contribution in [0.4, 0.5) is 0 Å². The smallest absolute Gasteiger partial charge is 0.191 e. The third kappa shape index (κ3) is 7.76. The molecular formula is C22H32N4O2S. The van der Waals surface area contributed by atoms with E-state index in [1.54, 1.807) is 6.26 Å². The average molecular weight is 417 g/mol. The minimum atomic E-state index is 0.663. The lowest BCUT2D eigenvalue weighted by Crippen LogP contribution is -2.39. The molecule has 0 unspecified atom stereocenters. The van der Waals surface area contributed by atoms with Gasteiger partial charge in [-0.3, -0.25) is 4.90 Å². The molecule has 2 N–H and O–H groups in total. The summed E-state index contributed by atoms with van der Waals surface area (Å²) in [7, 11) is 0. The van der Waals surface area contributed by atoms with Gasteiger partial charge in [-0.25, -0.2) is 4.99 Å². The fourth-order valence-corrected chi connectivity index (χ4v) is 3.54. The quantitative estimate of drug-likeness (QED) is 0.353. The van der Waals surface area contributed by atoms with Gasteiger partial charge in [-0.05, 0) is 29.5 Å². The Bertz CT molecular complexity index is 730. The van der Waals surface area contributed by atoms with Gasteiger partial charge in [0.2, 0.25) is 0 Å². The molecule has 1 aliphatic rings. The van der Waals surface area contributed by atoms with Gasteiger partial charge in [-0.1, -0.05) is 24.3 Å². The SMILES string of the molecule is CSCCNC(=NCc1ccccc1CN1CCOCC1)NCCc1ccco1. The van der Waals surface area contributed by atoms with E-state index >= 15 is 0 Å². The van der Waals surface area contributed by atoms with Gasteiger partial charge in [0.1, 0.15) is 5.76 Å². The van der Waals surface area contributed by atoms with E-state index in [0.717, 1.165) is 69.8 Å². The molecule has 2 aromatic rings. The molecule has 2 heterocycles. The first-order chi connectivity index (χ1) is 14.3. The number of benzene rings is 1. The largest absolute Gasteiger partial charge is 0.469 e. The van der Waals surface area contributed by atoms with Gasteiger partial charge < -0.3 is 19.8 Å².